The number of ether oxygens (including phenoxy) is 1. The molecule has 0 spiro atoms. The first kappa shape index (κ1) is 25.7. The summed E-state index contributed by atoms with van der Waals surface area (Å²) in [6.45, 7) is 2.52. The number of halogens is 3. The highest BCUT2D eigenvalue weighted by atomic mass is 19.2. The van der Waals surface area contributed by atoms with Crippen molar-refractivity contribution in [2.24, 2.45) is 5.16 Å². The van der Waals surface area contributed by atoms with Crippen LogP contribution < -0.4 is 4.74 Å². The van der Waals surface area contributed by atoms with Gasteiger partial charge in [-0.2, -0.15) is 0 Å². The van der Waals surface area contributed by atoms with Gasteiger partial charge in [-0.15, -0.1) is 0 Å². The largest absolute Gasteiger partial charge is 0.495 e. The van der Waals surface area contributed by atoms with Gasteiger partial charge in [0, 0.05) is 12.7 Å². The van der Waals surface area contributed by atoms with Crippen LogP contribution in [-0.2, 0) is 4.84 Å². The number of imidazole rings is 1. The summed E-state index contributed by atoms with van der Waals surface area (Å²) in [5, 5.41) is 4.50. The number of benzene rings is 3. The first-order valence-corrected chi connectivity index (χ1v) is 13.0. The standard InChI is InChI=1S/C31H27F3N4O2/c1-19-17-37(18-35-19)26-11-10-20(14-27(26)39-2)13-22-9-6-12-38-29(23-15-24(32)28(34)25(33)16-23)30(40-36-31(22)38)21-7-4-3-5-8-21/h3-5,7-8,10-11,13-18,29-30H,6,9,12H2,1-2H3/t29-,30?/m0/s1. The van der Waals surface area contributed by atoms with Crippen molar-refractivity contribution in [2.75, 3.05) is 13.7 Å². The smallest absolute Gasteiger partial charge is 0.194 e. The number of nitrogens with zero attached hydrogens (tertiary/aromatic N) is 4. The van der Waals surface area contributed by atoms with E-state index in [0.29, 0.717) is 18.1 Å². The SMILES string of the molecule is COc1cc(C=C2CCCN3C2=NOC(c2ccccc2)[C@@H]3c2cc(F)c(F)c(F)c2)ccc1-n1cnc(C)c1. The summed E-state index contributed by atoms with van der Waals surface area (Å²) in [7, 11) is 1.62. The van der Waals surface area contributed by atoms with Crippen molar-refractivity contribution in [3.05, 3.63) is 119 Å². The van der Waals surface area contributed by atoms with Crippen molar-refractivity contribution < 1.29 is 22.7 Å². The summed E-state index contributed by atoms with van der Waals surface area (Å²) < 4.78 is 50.3. The molecule has 3 heterocycles. The van der Waals surface area contributed by atoms with Crippen LogP contribution >= 0.6 is 0 Å². The number of amidine groups is 1. The number of methoxy groups -OCH3 is 1. The monoisotopic (exact) mass is 544 g/mol. The third-order valence-corrected chi connectivity index (χ3v) is 7.29. The molecule has 0 radical (unpaired) electrons. The van der Waals surface area contributed by atoms with Crippen molar-refractivity contribution in [3.63, 3.8) is 0 Å². The van der Waals surface area contributed by atoms with Crippen LogP contribution in [-0.4, -0.2) is 33.9 Å². The highest BCUT2D eigenvalue weighted by Gasteiger charge is 2.41. The Morgan fingerprint density at radius 2 is 1.77 bits per heavy atom. The summed E-state index contributed by atoms with van der Waals surface area (Å²) in [6.07, 6.45) is 6.56. The number of oxime groups is 1. The van der Waals surface area contributed by atoms with Crippen LogP contribution in [0.2, 0.25) is 0 Å². The Morgan fingerprint density at radius 1 is 1.00 bits per heavy atom. The van der Waals surface area contributed by atoms with Crippen LogP contribution in [0.4, 0.5) is 13.2 Å². The second-order valence-electron chi connectivity index (χ2n) is 9.92. The number of rotatable bonds is 5. The Labute approximate surface area is 230 Å². The van der Waals surface area contributed by atoms with E-state index in [1.54, 1.807) is 13.4 Å². The zero-order chi connectivity index (χ0) is 27.8. The molecule has 0 amide bonds. The van der Waals surface area contributed by atoms with Crippen LogP contribution in [0.25, 0.3) is 11.8 Å². The van der Waals surface area contributed by atoms with Gasteiger partial charge >= 0.3 is 0 Å². The topological polar surface area (TPSA) is 51.9 Å². The lowest BCUT2D eigenvalue weighted by Crippen LogP contribution is -2.45. The molecule has 2 aliphatic rings. The van der Waals surface area contributed by atoms with E-state index < -0.39 is 29.6 Å². The maximum Gasteiger partial charge on any atom is 0.194 e. The second kappa shape index (κ2) is 10.6. The maximum atomic E-state index is 14.4. The molecule has 9 heteroatoms. The van der Waals surface area contributed by atoms with E-state index in [4.69, 9.17) is 9.57 Å². The molecule has 2 aliphatic heterocycles. The van der Waals surface area contributed by atoms with Gasteiger partial charge in [-0.3, -0.25) is 0 Å². The molecule has 6 rings (SSSR count). The van der Waals surface area contributed by atoms with Crippen molar-refractivity contribution >= 4 is 11.9 Å². The first-order valence-electron chi connectivity index (χ1n) is 13.0. The predicted molar refractivity (Wildman–Crippen MR) is 146 cm³/mol. The minimum atomic E-state index is -1.49. The Morgan fingerprint density at radius 3 is 2.48 bits per heavy atom. The number of aryl methyl sites for hydroxylation is 1. The lowest BCUT2D eigenvalue weighted by atomic mass is 9.90. The number of fused-ring (bicyclic) bond motifs is 1. The Kier molecular flexibility index (Phi) is 6.79. The molecule has 1 fully saturated rings. The minimum Gasteiger partial charge on any atom is -0.495 e. The normalized spacial score (nSPS) is 19.7. The molecule has 4 aromatic rings. The molecule has 204 valence electrons. The van der Waals surface area contributed by atoms with E-state index >= 15 is 0 Å². The zero-order valence-corrected chi connectivity index (χ0v) is 22.0. The molecule has 6 nitrogen and oxygen atoms in total. The Bertz CT molecular complexity index is 1590. The average Bonchev–Trinajstić information content (AvgIpc) is 3.41. The number of hydrogen-bond acceptors (Lipinski definition) is 5. The van der Waals surface area contributed by atoms with E-state index in [1.165, 1.54) is 0 Å². The molecule has 0 N–H and O–H groups in total. The minimum absolute atomic E-state index is 0.278. The van der Waals surface area contributed by atoms with Gasteiger partial charge in [0.1, 0.15) is 5.75 Å². The Hall–Kier alpha value is -4.53. The van der Waals surface area contributed by atoms with Gasteiger partial charge in [-0.1, -0.05) is 41.6 Å². The van der Waals surface area contributed by atoms with Gasteiger partial charge in [0.15, 0.2) is 29.4 Å². The van der Waals surface area contributed by atoms with Crippen molar-refractivity contribution in [1.82, 2.24) is 14.5 Å². The molecule has 3 aromatic carbocycles. The number of piperidine rings is 1. The third-order valence-electron chi connectivity index (χ3n) is 7.29. The second-order valence-corrected chi connectivity index (χ2v) is 9.92. The lowest BCUT2D eigenvalue weighted by Gasteiger charge is -2.44. The van der Waals surface area contributed by atoms with Crippen LogP contribution in [0.15, 0.2) is 83.9 Å². The quantitative estimate of drug-likeness (QED) is 0.256. The highest BCUT2D eigenvalue weighted by Crippen LogP contribution is 2.44. The summed E-state index contributed by atoms with van der Waals surface area (Å²) in [4.78, 5) is 12.3. The van der Waals surface area contributed by atoms with E-state index in [9.17, 15) is 13.2 Å². The lowest BCUT2D eigenvalue weighted by molar-refractivity contribution is -0.0233. The molecule has 2 atom stereocenters. The molecular weight excluding hydrogens is 517 g/mol. The fourth-order valence-corrected chi connectivity index (χ4v) is 5.43. The summed E-state index contributed by atoms with van der Waals surface area (Å²) in [6, 6.07) is 16.7. The van der Waals surface area contributed by atoms with Crippen LogP contribution in [0.1, 0.15) is 47.4 Å². The predicted octanol–water partition coefficient (Wildman–Crippen LogP) is 6.91. The fourth-order valence-electron chi connectivity index (χ4n) is 5.43. The fraction of sp³-hybridized carbons (Fsp3) is 0.226. The molecule has 0 bridgehead atoms. The van der Waals surface area contributed by atoms with E-state index in [0.717, 1.165) is 53.1 Å². The van der Waals surface area contributed by atoms with Crippen LogP contribution in [0, 0.1) is 24.4 Å². The molecule has 40 heavy (non-hydrogen) atoms. The zero-order valence-electron chi connectivity index (χ0n) is 22.0. The maximum absolute atomic E-state index is 14.4. The van der Waals surface area contributed by atoms with Gasteiger partial charge in [0.25, 0.3) is 0 Å². The summed E-state index contributed by atoms with van der Waals surface area (Å²) in [5.41, 5.74) is 4.65. The van der Waals surface area contributed by atoms with Crippen LogP contribution in [0.5, 0.6) is 5.75 Å². The molecule has 1 aromatic heterocycles. The number of aromatic nitrogens is 2. The van der Waals surface area contributed by atoms with Gasteiger partial charge in [0.2, 0.25) is 0 Å². The van der Waals surface area contributed by atoms with Crippen molar-refractivity contribution in [2.45, 2.75) is 31.9 Å². The average molecular weight is 545 g/mol. The number of hydrogen-bond donors (Lipinski definition) is 0. The molecule has 0 aliphatic carbocycles. The molecule has 1 unspecified atom stereocenters. The van der Waals surface area contributed by atoms with Gasteiger partial charge < -0.3 is 19.0 Å². The van der Waals surface area contributed by atoms with Gasteiger partial charge in [0.05, 0.1) is 30.9 Å². The van der Waals surface area contributed by atoms with E-state index in [2.05, 4.69) is 10.1 Å². The van der Waals surface area contributed by atoms with Crippen molar-refractivity contribution in [3.8, 4) is 11.4 Å². The van der Waals surface area contributed by atoms with Gasteiger partial charge in [-0.25, -0.2) is 18.2 Å². The molecule has 0 saturated carbocycles. The van der Waals surface area contributed by atoms with Gasteiger partial charge in [-0.05, 0) is 72.4 Å². The first-order chi connectivity index (χ1) is 19.4. The van der Waals surface area contributed by atoms with E-state index in [1.807, 2.05) is 77.2 Å². The summed E-state index contributed by atoms with van der Waals surface area (Å²) in [5.74, 6) is -2.70. The molecule has 1 saturated heterocycles. The Balaban J connectivity index is 1.40. The van der Waals surface area contributed by atoms with Crippen LogP contribution in [0.3, 0.4) is 0 Å². The summed E-state index contributed by atoms with van der Waals surface area (Å²) >= 11 is 0. The highest BCUT2D eigenvalue weighted by molar-refractivity contribution is 6.03. The molecular formula is C31H27F3N4O2. The van der Waals surface area contributed by atoms with E-state index in [-0.39, 0.29) is 5.56 Å². The van der Waals surface area contributed by atoms with Crippen molar-refractivity contribution in [1.29, 1.82) is 0 Å². The third kappa shape index (κ3) is 4.72.